The monoisotopic (exact) mass is 335 g/mol. The van der Waals surface area contributed by atoms with Gasteiger partial charge in [0.2, 0.25) is 0 Å². The molecule has 3 N–H and O–H groups in total. The molecule has 1 aromatic carbocycles. The number of aromatic nitrogens is 3. The summed E-state index contributed by atoms with van der Waals surface area (Å²) in [7, 11) is 2.09. The number of aryl methyl sites for hydroxylation is 1. The summed E-state index contributed by atoms with van der Waals surface area (Å²) in [5.74, 6) is 0.372. The van der Waals surface area contributed by atoms with Crippen LogP contribution in [0.15, 0.2) is 36.5 Å². The Kier molecular flexibility index (Phi) is 3.97. The molecule has 1 aliphatic rings. The molecule has 0 radical (unpaired) electrons. The maximum Gasteiger partial charge on any atom is 0.250 e. The van der Waals surface area contributed by atoms with E-state index >= 15 is 0 Å². The second kappa shape index (κ2) is 6.29. The second-order valence-electron chi connectivity index (χ2n) is 6.62. The summed E-state index contributed by atoms with van der Waals surface area (Å²) in [6, 6.07) is 9.90. The molecule has 0 fully saturated rings. The van der Waals surface area contributed by atoms with E-state index < -0.39 is 5.91 Å². The van der Waals surface area contributed by atoms with Crippen LogP contribution in [0.2, 0.25) is 0 Å². The first-order valence-corrected chi connectivity index (χ1v) is 8.55. The van der Waals surface area contributed by atoms with Gasteiger partial charge < -0.3 is 10.7 Å². The number of carbonyl (C=O) groups excluding carboxylic acids is 1. The molecule has 0 aliphatic heterocycles. The van der Waals surface area contributed by atoms with Gasteiger partial charge in [-0.05, 0) is 50.1 Å². The zero-order chi connectivity index (χ0) is 17.4. The predicted molar refractivity (Wildman–Crippen MR) is 96.0 cm³/mol. The van der Waals surface area contributed by atoms with Crippen molar-refractivity contribution in [1.82, 2.24) is 19.9 Å². The van der Waals surface area contributed by atoms with E-state index in [1.165, 1.54) is 17.7 Å². The number of pyridine rings is 1. The molecule has 128 valence electrons. The van der Waals surface area contributed by atoms with Crippen LogP contribution in [0.3, 0.4) is 0 Å². The fraction of sp³-hybridized carbons (Fsp3) is 0.316. The summed E-state index contributed by atoms with van der Waals surface area (Å²) < 4.78 is 0. The van der Waals surface area contributed by atoms with Gasteiger partial charge in [-0.25, -0.2) is 4.98 Å². The van der Waals surface area contributed by atoms with Gasteiger partial charge in [-0.3, -0.25) is 14.7 Å². The molecule has 0 saturated carbocycles. The van der Waals surface area contributed by atoms with E-state index in [-0.39, 0.29) is 6.04 Å². The second-order valence-corrected chi connectivity index (χ2v) is 6.62. The highest BCUT2D eigenvalue weighted by molar-refractivity contribution is 6.03. The van der Waals surface area contributed by atoms with Gasteiger partial charge >= 0.3 is 0 Å². The number of H-pyrrole nitrogens is 1. The third-order valence-electron chi connectivity index (χ3n) is 4.92. The maximum absolute atomic E-state index is 11.6. The molecule has 0 spiro atoms. The van der Waals surface area contributed by atoms with Gasteiger partial charge in [0.1, 0.15) is 11.3 Å². The molecule has 0 bridgehead atoms. The molecular formula is C19H21N5O. The van der Waals surface area contributed by atoms with Crippen LogP contribution < -0.4 is 5.73 Å². The van der Waals surface area contributed by atoms with Crippen LogP contribution in [-0.2, 0) is 13.0 Å². The van der Waals surface area contributed by atoms with Crippen LogP contribution in [0.1, 0.15) is 46.3 Å². The molecule has 1 aliphatic carbocycles. The summed E-state index contributed by atoms with van der Waals surface area (Å²) in [6.45, 7) is 0.660. The first-order chi connectivity index (χ1) is 12.1. The van der Waals surface area contributed by atoms with Crippen molar-refractivity contribution in [3.8, 4) is 0 Å². The number of nitrogens with zero attached hydrogens (tertiary/aromatic N) is 3. The van der Waals surface area contributed by atoms with Gasteiger partial charge in [-0.1, -0.05) is 12.1 Å². The number of nitrogens with one attached hydrogen (secondary N) is 1. The number of para-hydroxylation sites is 1. The van der Waals surface area contributed by atoms with E-state index in [4.69, 9.17) is 5.73 Å². The minimum Gasteiger partial charge on any atom is -0.366 e. The first kappa shape index (κ1) is 15.8. The summed E-state index contributed by atoms with van der Waals surface area (Å²) in [5.41, 5.74) is 9.89. The van der Waals surface area contributed by atoms with Crippen molar-refractivity contribution >= 4 is 16.9 Å². The number of fused-ring (bicyclic) bond motifs is 2. The Hall–Kier alpha value is -2.73. The zero-order valence-corrected chi connectivity index (χ0v) is 14.2. The summed E-state index contributed by atoms with van der Waals surface area (Å²) >= 11 is 0. The lowest BCUT2D eigenvalue weighted by Crippen LogP contribution is -2.28. The number of hydrogen-bond donors (Lipinski definition) is 2. The van der Waals surface area contributed by atoms with Crippen LogP contribution in [0, 0.1) is 0 Å². The number of primary amides is 1. The molecule has 6 heteroatoms. The number of imidazole rings is 1. The zero-order valence-electron chi connectivity index (χ0n) is 14.2. The Bertz CT molecular complexity index is 932. The Labute approximate surface area is 146 Å². The van der Waals surface area contributed by atoms with Gasteiger partial charge in [0.05, 0.1) is 29.4 Å². The minimum absolute atomic E-state index is 0.286. The molecule has 6 nitrogen and oxygen atoms in total. The maximum atomic E-state index is 11.6. The van der Waals surface area contributed by atoms with Crippen molar-refractivity contribution in [2.75, 3.05) is 7.05 Å². The smallest absolute Gasteiger partial charge is 0.250 e. The molecule has 1 unspecified atom stereocenters. The quantitative estimate of drug-likeness (QED) is 0.767. The lowest BCUT2D eigenvalue weighted by molar-refractivity contribution is 0.100. The van der Waals surface area contributed by atoms with Crippen molar-refractivity contribution in [2.45, 2.75) is 31.8 Å². The minimum atomic E-state index is -0.456. The highest BCUT2D eigenvalue weighted by Gasteiger charge is 2.25. The average molecular weight is 335 g/mol. The largest absolute Gasteiger partial charge is 0.366 e. The number of aromatic amines is 1. The van der Waals surface area contributed by atoms with E-state index in [0.717, 1.165) is 24.2 Å². The molecule has 2 aromatic heterocycles. The van der Waals surface area contributed by atoms with Gasteiger partial charge in [0, 0.05) is 6.20 Å². The van der Waals surface area contributed by atoms with Crippen molar-refractivity contribution in [2.24, 2.45) is 5.73 Å². The van der Waals surface area contributed by atoms with E-state index in [2.05, 4.69) is 33.0 Å². The van der Waals surface area contributed by atoms with Crippen molar-refractivity contribution < 1.29 is 4.79 Å². The fourth-order valence-corrected chi connectivity index (χ4v) is 3.72. The standard InChI is InChI=1S/C19H21N5O/c1-24(15-9-2-5-12-6-4-10-21-17(12)15)11-16-22-14-8-3-7-13(19(20)25)18(14)23-16/h3-4,6-8,10,15H,2,5,9,11H2,1H3,(H2,20,25)(H,22,23). The molecule has 4 rings (SSSR count). The number of rotatable bonds is 4. The number of amides is 1. The molecule has 3 aromatic rings. The van der Waals surface area contributed by atoms with E-state index in [1.807, 2.05) is 24.4 Å². The molecule has 2 heterocycles. The number of carbonyl (C=O) groups is 1. The molecule has 25 heavy (non-hydrogen) atoms. The van der Waals surface area contributed by atoms with Crippen LogP contribution in [0.5, 0.6) is 0 Å². The third kappa shape index (κ3) is 2.89. The summed E-state index contributed by atoms with van der Waals surface area (Å²) in [5, 5.41) is 0. The van der Waals surface area contributed by atoms with Crippen molar-refractivity contribution in [3.63, 3.8) is 0 Å². The third-order valence-corrected chi connectivity index (χ3v) is 4.92. The lowest BCUT2D eigenvalue weighted by atomic mass is 9.91. The summed E-state index contributed by atoms with van der Waals surface area (Å²) in [4.78, 5) is 26.4. The topological polar surface area (TPSA) is 87.9 Å². The number of hydrogen-bond acceptors (Lipinski definition) is 4. The van der Waals surface area contributed by atoms with Crippen LogP contribution >= 0.6 is 0 Å². The van der Waals surface area contributed by atoms with Gasteiger partial charge in [-0.2, -0.15) is 0 Å². The summed E-state index contributed by atoms with van der Waals surface area (Å²) in [6.07, 6.45) is 5.22. The van der Waals surface area contributed by atoms with E-state index in [1.54, 1.807) is 6.07 Å². The number of nitrogens with two attached hydrogens (primary N) is 1. The average Bonchev–Trinajstić information content (AvgIpc) is 3.03. The number of benzene rings is 1. The Morgan fingerprint density at radius 2 is 2.24 bits per heavy atom. The lowest BCUT2D eigenvalue weighted by Gasteiger charge is -2.31. The molecule has 1 amide bonds. The van der Waals surface area contributed by atoms with Crippen molar-refractivity contribution in [3.05, 3.63) is 59.2 Å². The first-order valence-electron chi connectivity index (χ1n) is 8.55. The highest BCUT2D eigenvalue weighted by Crippen LogP contribution is 2.32. The van der Waals surface area contributed by atoms with Crippen molar-refractivity contribution in [1.29, 1.82) is 0 Å². The SMILES string of the molecule is CN(Cc1nc2c(C(N)=O)cccc2[nH]1)C1CCCc2cccnc21. The van der Waals surface area contributed by atoms with Crippen LogP contribution in [-0.4, -0.2) is 32.8 Å². The van der Waals surface area contributed by atoms with E-state index in [0.29, 0.717) is 17.6 Å². The Morgan fingerprint density at radius 3 is 3.08 bits per heavy atom. The fourth-order valence-electron chi connectivity index (χ4n) is 3.72. The molecule has 1 atom stereocenters. The van der Waals surface area contributed by atoms with Crippen LogP contribution in [0.4, 0.5) is 0 Å². The normalized spacial score (nSPS) is 17.0. The van der Waals surface area contributed by atoms with Crippen LogP contribution in [0.25, 0.3) is 11.0 Å². The molecule has 0 saturated heterocycles. The highest BCUT2D eigenvalue weighted by atomic mass is 16.1. The Balaban J connectivity index is 1.62. The van der Waals surface area contributed by atoms with Gasteiger partial charge in [0.25, 0.3) is 5.91 Å². The van der Waals surface area contributed by atoms with Gasteiger partial charge in [0.15, 0.2) is 0 Å². The Morgan fingerprint density at radius 1 is 1.36 bits per heavy atom. The molecular weight excluding hydrogens is 314 g/mol. The predicted octanol–water partition coefficient (Wildman–Crippen LogP) is 2.57. The van der Waals surface area contributed by atoms with Gasteiger partial charge in [-0.15, -0.1) is 0 Å². The van der Waals surface area contributed by atoms with E-state index in [9.17, 15) is 4.79 Å².